The number of anilines is 2. The molecule has 30 heavy (non-hydrogen) atoms. The van der Waals surface area contributed by atoms with E-state index in [9.17, 15) is 13.2 Å². The zero-order valence-corrected chi connectivity index (χ0v) is 17.4. The van der Waals surface area contributed by atoms with E-state index in [1.165, 1.54) is 5.56 Å². The maximum Gasteiger partial charge on any atom is 0.416 e. The number of halogens is 3. The summed E-state index contributed by atoms with van der Waals surface area (Å²) in [5, 5.41) is 4.09. The first-order valence-corrected chi connectivity index (χ1v) is 11.0. The second kappa shape index (κ2) is 8.34. The first-order valence-electron chi connectivity index (χ1n) is 9.86. The number of hydrogen-bond acceptors (Lipinski definition) is 5. The molecule has 0 radical (unpaired) electrons. The number of fused-ring (bicyclic) bond motifs is 1. The second-order valence-electron chi connectivity index (χ2n) is 7.60. The molecule has 4 nitrogen and oxygen atoms in total. The number of alkyl halides is 3. The molecule has 8 heteroatoms. The summed E-state index contributed by atoms with van der Waals surface area (Å²) in [5.41, 5.74) is 7.56. The summed E-state index contributed by atoms with van der Waals surface area (Å²) < 4.78 is 39.3. The van der Waals surface area contributed by atoms with Crippen LogP contribution in [0.4, 0.5) is 24.7 Å². The lowest BCUT2D eigenvalue weighted by atomic mass is 9.92. The van der Waals surface area contributed by atoms with Crippen molar-refractivity contribution in [2.24, 2.45) is 0 Å². The Morgan fingerprint density at radius 1 is 1.10 bits per heavy atom. The Balaban J connectivity index is 1.64. The highest BCUT2D eigenvalue weighted by Gasteiger charge is 2.31. The van der Waals surface area contributed by atoms with Crippen molar-refractivity contribution >= 4 is 34.2 Å². The highest BCUT2D eigenvalue weighted by molar-refractivity contribution is 7.99. The molecule has 0 atom stereocenters. The summed E-state index contributed by atoms with van der Waals surface area (Å²) in [6, 6.07) is 9.87. The molecule has 2 heterocycles. The zero-order valence-electron chi connectivity index (χ0n) is 16.6. The molecule has 0 aliphatic carbocycles. The lowest BCUT2D eigenvalue weighted by molar-refractivity contribution is -0.137. The molecule has 1 aromatic heterocycles. The number of hydrogen-bond donors (Lipinski definition) is 2. The summed E-state index contributed by atoms with van der Waals surface area (Å²) in [4.78, 5) is 9.03. The lowest BCUT2D eigenvalue weighted by Gasteiger charge is -2.22. The smallest absolute Gasteiger partial charge is 0.399 e. The monoisotopic (exact) mass is 432 g/mol. The van der Waals surface area contributed by atoms with Gasteiger partial charge in [0.05, 0.1) is 11.1 Å². The Bertz CT molecular complexity index is 1060. The minimum Gasteiger partial charge on any atom is -0.399 e. The van der Waals surface area contributed by atoms with E-state index in [4.69, 9.17) is 5.73 Å². The van der Waals surface area contributed by atoms with Crippen molar-refractivity contribution in [3.63, 3.8) is 0 Å². The third kappa shape index (κ3) is 4.64. The van der Waals surface area contributed by atoms with Crippen molar-refractivity contribution in [2.45, 2.75) is 38.4 Å². The molecule has 1 aliphatic rings. The van der Waals surface area contributed by atoms with Crippen LogP contribution in [-0.4, -0.2) is 21.5 Å². The third-order valence-corrected chi connectivity index (χ3v) is 6.38. The summed E-state index contributed by atoms with van der Waals surface area (Å²) >= 11 is 1.98. The number of benzene rings is 2. The van der Waals surface area contributed by atoms with E-state index in [1.807, 2.05) is 17.8 Å². The zero-order chi connectivity index (χ0) is 21.3. The van der Waals surface area contributed by atoms with Crippen LogP contribution in [0, 0.1) is 6.92 Å². The fourth-order valence-electron chi connectivity index (χ4n) is 3.85. The highest BCUT2D eigenvalue weighted by Crippen LogP contribution is 2.34. The van der Waals surface area contributed by atoms with Gasteiger partial charge in [0.15, 0.2) is 0 Å². The molecule has 158 valence electrons. The van der Waals surface area contributed by atoms with Gasteiger partial charge in [0.2, 0.25) is 0 Å². The van der Waals surface area contributed by atoms with E-state index in [-0.39, 0.29) is 12.2 Å². The first kappa shape index (κ1) is 20.8. The number of nitrogens with one attached hydrogen (secondary N) is 1. The number of nitrogen functional groups attached to an aromatic ring is 1. The van der Waals surface area contributed by atoms with Crippen LogP contribution in [-0.2, 0) is 12.7 Å². The summed E-state index contributed by atoms with van der Waals surface area (Å²) in [6.07, 6.45) is -2.14. The molecule has 1 saturated heterocycles. The molecule has 3 N–H and O–H groups in total. The number of thioether (sulfide) groups is 1. The summed E-state index contributed by atoms with van der Waals surface area (Å²) in [6.45, 7) is 1.99. The fourth-order valence-corrected chi connectivity index (χ4v) is 4.96. The van der Waals surface area contributed by atoms with Crippen LogP contribution in [0.15, 0.2) is 36.4 Å². The van der Waals surface area contributed by atoms with Gasteiger partial charge in [0.1, 0.15) is 11.6 Å². The molecule has 0 amide bonds. The predicted molar refractivity (Wildman–Crippen MR) is 117 cm³/mol. The van der Waals surface area contributed by atoms with Gasteiger partial charge in [-0.25, -0.2) is 9.97 Å². The molecular weight excluding hydrogens is 409 g/mol. The fraction of sp³-hybridized carbons (Fsp3) is 0.364. The van der Waals surface area contributed by atoms with Gasteiger partial charge in [-0.1, -0.05) is 6.07 Å². The van der Waals surface area contributed by atoms with Crippen LogP contribution in [0.2, 0.25) is 0 Å². The van der Waals surface area contributed by atoms with Gasteiger partial charge in [0, 0.05) is 17.6 Å². The van der Waals surface area contributed by atoms with Crippen molar-refractivity contribution in [1.82, 2.24) is 9.97 Å². The van der Waals surface area contributed by atoms with Gasteiger partial charge in [-0.15, -0.1) is 0 Å². The van der Waals surface area contributed by atoms with Crippen LogP contribution in [0.3, 0.4) is 0 Å². The van der Waals surface area contributed by atoms with E-state index >= 15 is 0 Å². The molecule has 0 unspecified atom stereocenters. The minimum atomic E-state index is -4.44. The minimum absolute atomic E-state index is 0.0859. The molecule has 1 fully saturated rings. The second-order valence-corrected chi connectivity index (χ2v) is 8.82. The van der Waals surface area contributed by atoms with E-state index in [1.54, 1.807) is 13.0 Å². The van der Waals surface area contributed by atoms with E-state index in [0.29, 0.717) is 23.1 Å². The van der Waals surface area contributed by atoms with Gasteiger partial charge in [-0.3, -0.25) is 0 Å². The summed E-state index contributed by atoms with van der Waals surface area (Å²) in [7, 11) is 0. The Morgan fingerprint density at radius 2 is 1.87 bits per heavy atom. The maximum absolute atomic E-state index is 13.1. The van der Waals surface area contributed by atoms with E-state index < -0.39 is 11.7 Å². The van der Waals surface area contributed by atoms with Crippen LogP contribution in [0.5, 0.6) is 0 Å². The predicted octanol–water partition coefficient (Wildman–Crippen LogP) is 5.76. The van der Waals surface area contributed by atoms with Crippen molar-refractivity contribution < 1.29 is 13.2 Å². The van der Waals surface area contributed by atoms with Gasteiger partial charge < -0.3 is 11.1 Å². The molecule has 0 spiro atoms. The largest absolute Gasteiger partial charge is 0.416 e. The average molecular weight is 433 g/mol. The highest BCUT2D eigenvalue weighted by atomic mass is 32.2. The molecule has 2 aromatic carbocycles. The Kier molecular flexibility index (Phi) is 5.77. The van der Waals surface area contributed by atoms with Crippen LogP contribution < -0.4 is 11.1 Å². The lowest BCUT2D eigenvalue weighted by Crippen LogP contribution is -2.10. The SMILES string of the molecule is Cc1nc(NCc2cc(N)cc(C(F)(F)F)c2)c2cc(C3CCSCC3)ccc2n1. The number of rotatable bonds is 4. The number of nitrogens with zero attached hydrogens (tertiary/aromatic N) is 2. The summed E-state index contributed by atoms with van der Waals surface area (Å²) in [5.74, 6) is 4.08. The normalized spacial score (nSPS) is 15.5. The van der Waals surface area contributed by atoms with E-state index in [2.05, 4.69) is 27.4 Å². The molecular formula is C22H23F3N4S. The Hall–Kier alpha value is -2.48. The van der Waals surface area contributed by atoms with Crippen molar-refractivity contribution in [1.29, 1.82) is 0 Å². The van der Waals surface area contributed by atoms with Crippen LogP contribution in [0.25, 0.3) is 10.9 Å². The Morgan fingerprint density at radius 3 is 2.60 bits per heavy atom. The molecule has 3 aromatic rings. The van der Waals surface area contributed by atoms with Gasteiger partial charge in [0.25, 0.3) is 0 Å². The van der Waals surface area contributed by atoms with Gasteiger partial charge in [-0.2, -0.15) is 24.9 Å². The van der Waals surface area contributed by atoms with Gasteiger partial charge in [-0.05, 0) is 78.6 Å². The van der Waals surface area contributed by atoms with Gasteiger partial charge >= 0.3 is 6.18 Å². The first-order chi connectivity index (χ1) is 14.3. The quantitative estimate of drug-likeness (QED) is 0.513. The van der Waals surface area contributed by atoms with Crippen molar-refractivity contribution in [3.8, 4) is 0 Å². The molecule has 1 aliphatic heterocycles. The maximum atomic E-state index is 13.1. The number of aromatic nitrogens is 2. The molecule has 0 saturated carbocycles. The van der Waals surface area contributed by atoms with Crippen molar-refractivity contribution in [3.05, 3.63) is 58.9 Å². The third-order valence-electron chi connectivity index (χ3n) is 5.33. The molecule has 4 rings (SSSR count). The number of nitrogens with two attached hydrogens (primary N) is 1. The Labute approximate surface area is 177 Å². The molecule has 0 bridgehead atoms. The van der Waals surface area contributed by atoms with Crippen LogP contribution >= 0.6 is 11.8 Å². The average Bonchev–Trinajstić information content (AvgIpc) is 2.71. The topological polar surface area (TPSA) is 63.8 Å². The number of aryl methyl sites for hydroxylation is 1. The van der Waals surface area contributed by atoms with E-state index in [0.717, 1.165) is 47.4 Å². The standard InChI is InChI=1S/C22H23F3N4S/c1-13-28-20-3-2-16(15-4-6-30-7-5-15)10-19(20)21(29-13)27-12-14-8-17(22(23,24)25)11-18(26)9-14/h2-3,8-11,15H,4-7,12,26H2,1H3,(H,27,28,29). The van der Waals surface area contributed by atoms with Crippen LogP contribution in [0.1, 0.15) is 41.3 Å². The van der Waals surface area contributed by atoms with Crippen molar-refractivity contribution in [2.75, 3.05) is 22.6 Å².